The lowest BCUT2D eigenvalue weighted by Crippen LogP contribution is -2.51. The third kappa shape index (κ3) is 6.57. The Labute approximate surface area is 164 Å². The van der Waals surface area contributed by atoms with Gasteiger partial charge in [-0.05, 0) is 18.6 Å². The third-order valence-corrected chi connectivity index (χ3v) is 6.12. The van der Waals surface area contributed by atoms with Crippen molar-refractivity contribution in [2.24, 2.45) is 0 Å². The maximum Gasteiger partial charge on any atom is 0.405 e. The van der Waals surface area contributed by atoms with Crippen LogP contribution in [0.2, 0.25) is 5.02 Å². The largest absolute Gasteiger partial charge is 0.465 e. The summed E-state index contributed by atoms with van der Waals surface area (Å²) in [7, 11) is -3.64. The van der Waals surface area contributed by atoms with Gasteiger partial charge in [0.2, 0.25) is 10.0 Å². The lowest BCUT2D eigenvalue weighted by atomic mass is 10.3. The summed E-state index contributed by atoms with van der Waals surface area (Å²) < 4.78 is 26.7. The first-order valence-corrected chi connectivity index (χ1v) is 10.6. The maximum absolute atomic E-state index is 12.7. The molecule has 148 valence electrons. The number of piperazine rings is 1. The van der Waals surface area contributed by atoms with Crippen molar-refractivity contribution in [2.45, 2.75) is 25.8 Å². The molecule has 2 N–H and O–H groups in total. The smallest absolute Gasteiger partial charge is 0.405 e. The summed E-state index contributed by atoms with van der Waals surface area (Å²) in [5.41, 5.74) is 0. The summed E-state index contributed by atoms with van der Waals surface area (Å²) >= 11 is 5.84. The summed E-state index contributed by atoms with van der Waals surface area (Å²) in [5, 5.41) is 11.6. The van der Waals surface area contributed by atoms with Crippen molar-refractivity contribution in [2.75, 3.05) is 36.8 Å². The molecule has 1 amide bonds. The Hall–Kier alpha value is -2.02. The molecule has 1 aromatic rings. The van der Waals surface area contributed by atoms with Crippen LogP contribution >= 0.6 is 11.6 Å². The van der Waals surface area contributed by atoms with E-state index in [1.807, 2.05) is 11.8 Å². The number of anilines is 1. The topological polar surface area (TPSA) is 103 Å². The van der Waals surface area contributed by atoms with Crippen molar-refractivity contribution in [3.05, 3.63) is 23.4 Å². The van der Waals surface area contributed by atoms with E-state index in [1.165, 1.54) is 4.31 Å². The highest BCUT2D eigenvalue weighted by atomic mass is 35.5. The summed E-state index contributed by atoms with van der Waals surface area (Å²) in [6.45, 7) is 3.53. The first-order valence-electron chi connectivity index (χ1n) is 8.64. The quantitative estimate of drug-likeness (QED) is 0.686. The minimum absolute atomic E-state index is 0.300. The fourth-order valence-corrected chi connectivity index (χ4v) is 4.29. The molecule has 1 saturated heterocycles. The lowest BCUT2D eigenvalue weighted by molar-refractivity contribution is 0.193. The molecule has 2 heterocycles. The number of pyridine rings is 1. The number of carboxylic acid groups (broad SMARTS) is 1. The Bertz CT molecular complexity index is 796. The van der Waals surface area contributed by atoms with Crippen molar-refractivity contribution in [1.29, 1.82) is 0 Å². The molecule has 1 aliphatic rings. The van der Waals surface area contributed by atoms with E-state index in [2.05, 4.69) is 22.1 Å². The molecule has 8 nitrogen and oxygen atoms in total. The number of nitrogens with zero attached hydrogens (tertiary/aromatic N) is 3. The second-order valence-electron chi connectivity index (χ2n) is 6.07. The van der Waals surface area contributed by atoms with E-state index in [-0.39, 0.29) is 5.75 Å². The Morgan fingerprint density at radius 2 is 2.07 bits per heavy atom. The van der Waals surface area contributed by atoms with Gasteiger partial charge in [-0.1, -0.05) is 24.4 Å². The van der Waals surface area contributed by atoms with E-state index in [4.69, 9.17) is 16.7 Å². The molecule has 0 spiro atoms. The van der Waals surface area contributed by atoms with Gasteiger partial charge < -0.3 is 15.3 Å². The minimum atomic E-state index is -3.64. The van der Waals surface area contributed by atoms with Crippen LogP contribution in [-0.4, -0.2) is 66.9 Å². The van der Waals surface area contributed by atoms with Crippen molar-refractivity contribution in [3.8, 4) is 11.8 Å². The summed E-state index contributed by atoms with van der Waals surface area (Å²) in [4.78, 5) is 17.1. The predicted molar refractivity (Wildman–Crippen MR) is 104 cm³/mol. The molecule has 0 aliphatic carbocycles. The van der Waals surface area contributed by atoms with E-state index in [0.29, 0.717) is 37.6 Å². The molecule has 2 rings (SSSR count). The zero-order valence-electron chi connectivity index (χ0n) is 15.1. The van der Waals surface area contributed by atoms with Gasteiger partial charge in [0.1, 0.15) is 11.9 Å². The number of sulfonamides is 1. The molecule has 27 heavy (non-hydrogen) atoms. The minimum Gasteiger partial charge on any atom is -0.465 e. The van der Waals surface area contributed by atoms with Crippen molar-refractivity contribution in [3.63, 3.8) is 0 Å². The molecular weight excluding hydrogens is 392 g/mol. The number of halogens is 1. The third-order valence-electron chi connectivity index (χ3n) is 3.99. The SMILES string of the molecule is CCCC#CC(CS(=O)(=O)N1CCN(c2ccc(Cl)cn2)CC1)NC(=O)O. The van der Waals surface area contributed by atoms with E-state index in [1.54, 1.807) is 18.3 Å². The first-order chi connectivity index (χ1) is 12.8. The number of unbranched alkanes of at least 4 members (excludes halogenated alkanes) is 1. The monoisotopic (exact) mass is 414 g/mol. The van der Waals surface area contributed by atoms with E-state index >= 15 is 0 Å². The highest BCUT2D eigenvalue weighted by Gasteiger charge is 2.30. The molecule has 1 unspecified atom stereocenters. The van der Waals surface area contributed by atoms with Gasteiger partial charge >= 0.3 is 6.09 Å². The predicted octanol–water partition coefficient (Wildman–Crippen LogP) is 1.63. The van der Waals surface area contributed by atoms with Crippen molar-refractivity contribution in [1.82, 2.24) is 14.6 Å². The average molecular weight is 415 g/mol. The number of hydrogen-bond donors (Lipinski definition) is 2. The molecule has 1 aliphatic heterocycles. The van der Waals surface area contributed by atoms with Crippen LogP contribution < -0.4 is 10.2 Å². The number of hydrogen-bond acceptors (Lipinski definition) is 5. The van der Waals surface area contributed by atoms with Gasteiger partial charge in [0.25, 0.3) is 0 Å². The Morgan fingerprint density at radius 3 is 2.63 bits per heavy atom. The van der Waals surface area contributed by atoms with Gasteiger partial charge in [0, 0.05) is 38.8 Å². The molecule has 0 saturated carbocycles. The van der Waals surface area contributed by atoms with Crippen LogP contribution in [0.5, 0.6) is 0 Å². The number of carbonyl (C=O) groups is 1. The van der Waals surface area contributed by atoms with Crippen LogP contribution in [0.1, 0.15) is 19.8 Å². The zero-order valence-corrected chi connectivity index (χ0v) is 16.6. The van der Waals surface area contributed by atoms with Gasteiger partial charge in [-0.15, -0.1) is 5.92 Å². The molecule has 0 radical (unpaired) electrons. The van der Waals surface area contributed by atoms with Crippen molar-refractivity contribution >= 4 is 33.5 Å². The first kappa shape index (κ1) is 21.3. The second-order valence-corrected chi connectivity index (χ2v) is 8.52. The fourth-order valence-electron chi connectivity index (χ4n) is 2.66. The van der Waals surface area contributed by atoms with E-state index < -0.39 is 22.2 Å². The number of nitrogens with one attached hydrogen (secondary N) is 1. The van der Waals surface area contributed by atoms with Gasteiger partial charge in [-0.2, -0.15) is 4.31 Å². The van der Waals surface area contributed by atoms with Crippen molar-refractivity contribution < 1.29 is 18.3 Å². The number of rotatable bonds is 6. The summed E-state index contributed by atoms with van der Waals surface area (Å²) in [6, 6.07) is 2.59. The van der Waals surface area contributed by atoms with Crippen LogP contribution in [0.4, 0.5) is 10.6 Å². The van der Waals surface area contributed by atoms with Crippen LogP contribution in [0.25, 0.3) is 0 Å². The van der Waals surface area contributed by atoms with Gasteiger partial charge in [0.15, 0.2) is 0 Å². The van der Waals surface area contributed by atoms with Gasteiger partial charge in [-0.25, -0.2) is 18.2 Å². The van der Waals surface area contributed by atoms with Gasteiger partial charge in [0.05, 0.1) is 10.8 Å². The normalized spacial score (nSPS) is 16.3. The standard InChI is InChI=1S/C17H23ClN4O4S/c1-2-3-4-5-15(20-17(23)24)13-27(25,26)22-10-8-21(9-11-22)16-7-6-14(18)12-19-16/h6-7,12,15,20H,2-3,8-11,13H2,1H3,(H,23,24). The van der Waals surface area contributed by atoms with E-state index in [9.17, 15) is 13.2 Å². The molecule has 0 bridgehead atoms. The van der Waals surface area contributed by atoms with Crippen LogP contribution in [0.3, 0.4) is 0 Å². The Morgan fingerprint density at radius 1 is 1.37 bits per heavy atom. The van der Waals surface area contributed by atoms with E-state index in [0.717, 1.165) is 12.2 Å². The van der Waals surface area contributed by atoms with Crippen LogP contribution in [0.15, 0.2) is 18.3 Å². The Balaban J connectivity index is 1.99. The Kier molecular flexibility index (Phi) is 7.71. The fraction of sp³-hybridized carbons (Fsp3) is 0.529. The molecule has 1 aromatic heterocycles. The highest BCUT2D eigenvalue weighted by Crippen LogP contribution is 2.17. The number of aromatic nitrogens is 1. The second kappa shape index (κ2) is 9.78. The molecule has 10 heteroatoms. The number of amides is 1. The molecule has 1 fully saturated rings. The molecule has 1 atom stereocenters. The molecule has 0 aromatic carbocycles. The molecular formula is C17H23ClN4O4S. The van der Waals surface area contributed by atoms with Gasteiger partial charge in [-0.3, -0.25) is 0 Å². The van der Waals surface area contributed by atoms with Crippen LogP contribution in [0, 0.1) is 11.8 Å². The lowest BCUT2D eigenvalue weighted by Gasteiger charge is -2.35. The summed E-state index contributed by atoms with van der Waals surface area (Å²) in [5.74, 6) is 5.88. The highest BCUT2D eigenvalue weighted by molar-refractivity contribution is 7.89. The maximum atomic E-state index is 12.7. The van der Waals surface area contributed by atoms with Crippen LogP contribution in [-0.2, 0) is 10.0 Å². The average Bonchev–Trinajstić information content (AvgIpc) is 2.62. The summed E-state index contributed by atoms with van der Waals surface area (Å²) in [6.07, 6.45) is 1.67. The zero-order chi connectivity index (χ0) is 19.9.